The van der Waals surface area contributed by atoms with Gasteiger partial charge in [0.25, 0.3) is 0 Å². The van der Waals surface area contributed by atoms with Gasteiger partial charge in [0.2, 0.25) is 0 Å². The maximum atomic E-state index is 8.39. The van der Waals surface area contributed by atoms with Crippen LogP contribution in [0, 0.1) is 5.92 Å². The monoisotopic (exact) mass is 117 g/mol. The molecule has 0 heterocycles. The van der Waals surface area contributed by atoms with E-state index in [2.05, 4.69) is 19.3 Å². The maximum absolute atomic E-state index is 8.39. The van der Waals surface area contributed by atoms with Gasteiger partial charge < -0.3 is 5.21 Å². The first-order chi connectivity index (χ1) is 3.72. The van der Waals surface area contributed by atoms with Crippen LogP contribution < -0.4 is 5.48 Å². The summed E-state index contributed by atoms with van der Waals surface area (Å²) in [5.41, 5.74) is 2.22. The lowest BCUT2D eigenvalue weighted by molar-refractivity contribution is 0.108. The minimum atomic E-state index is 0.222. The van der Waals surface area contributed by atoms with E-state index in [0.29, 0.717) is 5.92 Å². The molecule has 0 radical (unpaired) electrons. The Kier molecular flexibility index (Phi) is 3.83. The fourth-order valence-corrected chi connectivity index (χ4v) is 0.481. The Labute approximate surface area is 50.9 Å². The van der Waals surface area contributed by atoms with Gasteiger partial charge in [0.15, 0.2) is 0 Å². The first-order valence-corrected chi connectivity index (χ1v) is 3.12. The summed E-state index contributed by atoms with van der Waals surface area (Å²) < 4.78 is 0. The number of hydrogen-bond donors (Lipinski definition) is 2. The molecule has 2 nitrogen and oxygen atoms in total. The van der Waals surface area contributed by atoms with Gasteiger partial charge in [-0.3, -0.25) is 0 Å². The summed E-state index contributed by atoms with van der Waals surface area (Å²) in [6, 6.07) is 0.222. The molecule has 0 aliphatic heterocycles. The maximum Gasteiger partial charge on any atom is 0.0316 e. The van der Waals surface area contributed by atoms with E-state index in [0.717, 1.165) is 6.42 Å². The Morgan fingerprint density at radius 1 is 1.50 bits per heavy atom. The second-order valence-corrected chi connectivity index (χ2v) is 2.30. The van der Waals surface area contributed by atoms with E-state index in [4.69, 9.17) is 5.21 Å². The smallest absolute Gasteiger partial charge is 0.0316 e. The van der Waals surface area contributed by atoms with E-state index in [1.165, 1.54) is 0 Å². The third-order valence-corrected chi connectivity index (χ3v) is 1.70. The summed E-state index contributed by atoms with van der Waals surface area (Å²) in [5, 5.41) is 8.39. The van der Waals surface area contributed by atoms with Gasteiger partial charge >= 0.3 is 0 Å². The summed E-state index contributed by atoms with van der Waals surface area (Å²) in [6.45, 7) is 6.18. The molecule has 2 atom stereocenters. The van der Waals surface area contributed by atoms with Gasteiger partial charge in [0.1, 0.15) is 0 Å². The Balaban J connectivity index is 3.29. The molecule has 0 aliphatic carbocycles. The normalized spacial score (nSPS) is 18.0. The van der Waals surface area contributed by atoms with Gasteiger partial charge in [-0.25, -0.2) is 5.48 Å². The molecule has 50 valence electrons. The van der Waals surface area contributed by atoms with Crippen molar-refractivity contribution >= 4 is 0 Å². The van der Waals surface area contributed by atoms with Crippen LogP contribution in [0.4, 0.5) is 0 Å². The van der Waals surface area contributed by atoms with Crippen molar-refractivity contribution in [2.24, 2.45) is 5.92 Å². The van der Waals surface area contributed by atoms with Crippen molar-refractivity contribution in [3.63, 3.8) is 0 Å². The average molecular weight is 117 g/mol. The van der Waals surface area contributed by atoms with Gasteiger partial charge in [-0.05, 0) is 12.8 Å². The molecule has 0 saturated carbocycles. The third kappa shape index (κ3) is 2.28. The van der Waals surface area contributed by atoms with E-state index in [9.17, 15) is 0 Å². The summed E-state index contributed by atoms with van der Waals surface area (Å²) in [5.74, 6) is 0.556. The molecule has 0 fully saturated rings. The van der Waals surface area contributed by atoms with E-state index in [1.54, 1.807) is 0 Å². The van der Waals surface area contributed by atoms with Crippen LogP contribution in [0.2, 0.25) is 0 Å². The van der Waals surface area contributed by atoms with Crippen molar-refractivity contribution in [1.82, 2.24) is 5.48 Å². The summed E-state index contributed by atoms with van der Waals surface area (Å²) in [7, 11) is 0. The predicted octanol–water partition coefficient (Wildman–Crippen LogP) is 1.40. The first kappa shape index (κ1) is 7.92. The summed E-state index contributed by atoms with van der Waals surface area (Å²) in [4.78, 5) is 0. The molecule has 2 N–H and O–H groups in total. The average Bonchev–Trinajstić information content (AvgIpc) is 1.84. The van der Waals surface area contributed by atoms with Crippen LogP contribution in [0.25, 0.3) is 0 Å². The lowest BCUT2D eigenvalue weighted by Gasteiger charge is -2.14. The highest BCUT2D eigenvalue weighted by Gasteiger charge is 2.06. The molecule has 0 bridgehead atoms. The van der Waals surface area contributed by atoms with Crippen LogP contribution in [-0.4, -0.2) is 11.2 Å². The Morgan fingerprint density at radius 3 is 2.12 bits per heavy atom. The van der Waals surface area contributed by atoms with Gasteiger partial charge in [-0.2, -0.15) is 0 Å². The lowest BCUT2D eigenvalue weighted by atomic mass is 10.0. The van der Waals surface area contributed by atoms with E-state index in [1.807, 2.05) is 6.92 Å². The second-order valence-electron chi connectivity index (χ2n) is 2.30. The molecular weight excluding hydrogens is 102 g/mol. The van der Waals surface area contributed by atoms with Crippen molar-refractivity contribution in [1.29, 1.82) is 0 Å². The largest absolute Gasteiger partial charge is 0.317 e. The van der Waals surface area contributed by atoms with Gasteiger partial charge in [-0.15, -0.1) is 0 Å². The van der Waals surface area contributed by atoms with Crippen LogP contribution in [0.3, 0.4) is 0 Å². The minimum Gasteiger partial charge on any atom is -0.317 e. The number of hydrogen-bond acceptors (Lipinski definition) is 2. The number of rotatable bonds is 3. The molecule has 0 aromatic rings. The molecule has 0 saturated heterocycles. The van der Waals surface area contributed by atoms with Crippen LogP contribution in [-0.2, 0) is 0 Å². The predicted molar refractivity (Wildman–Crippen MR) is 33.8 cm³/mol. The highest BCUT2D eigenvalue weighted by molar-refractivity contribution is 4.60. The second kappa shape index (κ2) is 3.87. The molecule has 0 aliphatic rings. The molecule has 2 heteroatoms. The quantitative estimate of drug-likeness (QED) is 0.548. The first-order valence-electron chi connectivity index (χ1n) is 3.12. The molecule has 2 unspecified atom stereocenters. The topological polar surface area (TPSA) is 32.3 Å². The summed E-state index contributed by atoms with van der Waals surface area (Å²) in [6.07, 6.45) is 1.11. The number of nitrogens with one attached hydrogen (secondary N) is 1. The van der Waals surface area contributed by atoms with Crippen LogP contribution >= 0.6 is 0 Å². The molecule has 0 rings (SSSR count). The zero-order valence-electron chi connectivity index (χ0n) is 5.81. The van der Waals surface area contributed by atoms with E-state index < -0.39 is 0 Å². The molecule has 0 aromatic carbocycles. The Morgan fingerprint density at radius 2 is 2.00 bits per heavy atom. The zero-order valence-corrected chi connectivity index (χ0v) is 5.81. The lowest BCUT2D eigenvalue weighted by Crippen LogP contribution is -2.28. The Bertz CT molecular complexity index is 48.5. The van der Waals surface area contributed by atoms with E-state index >= 15 is 0 Å². The van der Waals surface area contributed by atoms with Crippen molar-refractivity contribution < 1.29 is 5.21 Å². The number of hydroxylamine groups is 1. The van der Waals surface area contributed by atoms with Crippen molar-refractivity contribution in [3.8, 4) is 0 Å². The van der Waals surface area contributed by atoms with Gasteiger partial charge in [0, 0.05) is 6.04 Å². The standard InChI is InChI=1S/C6H15NO/c1-4-5(2)6(3)7-8/h5-8H,4H2,1-3H3. The molecule has 0 aromatic heterocycles. The fraction of sp³-hybridized carbons (Fsp3) is 1.00. The minimum absolute atomic E-state index is 0.222. The van der Waals surface area contributed by atoms with Crippen LogP contribution in [0.15, 0.2) is 0 Å². The summed E-state index contributed by atoms with van der Waals surface area (Å²) >= 11 is 0. The van der Waals surface area contributed by atoms with Gasteiger partial charge in [-0.1, -0.05) is 20.3 Å². The third-order valence-electron chi connectivity index (χ3n) is 1.70. The van der Waals surface area contributed by atoms with Crippen molar-refractivity contribution in [2.75, 3.05) is 0 Å². The Hall–Kier alpha value is -0.0800. The van der Waals surface area contributed by atoms with Gasteiger partial charge in [0.05, 0.1) is 0 Å². The molecule has 0 spiro atoms. The fourth-order valence-electron chi connectivity index (χ4n) is 0.481. The van der Waals surface area contributed by atoms with E-state index in [-0.39, 0.29) is 6.04 Å². The zero-order chi connectivity index (χ0) is 6.57. The molecular formula is C6H15NO. The van der Waals surface area contributed by atoms with Crippen molar-refractivity contribution in [3.05, 3.63) is 0 Å². The molecule has 0 amide bonds. The SMILES string of the molecule is CCC(C)C(C)NO. The molecule has 8 heavy (non-hydrogen) atoms. The van der Waals surface area contributed by atoms with Crippen LogP contribution in [0.5, 0.6) is 0 Å². The van der Waals surface area contributed by atoms with Crippen molar-refractivity contribution in [2.45, 2.75) is 33.2 Å². The highest BCUT2D eigenvalue weighted by atomic mass is 16.5. The highest BCUT2D eigenvalue weighted by Crippen LogP contribution is 2.04. The van der Waals surface area contributed by atoms with Crippen LogP contribution in [0.1, 0.15) is 27.2 Å².